The Labute approximate surface area is 176 Å². The molecule has 0 saturated carbocycles. The second-order valence-corrected chi connectivity index (χ2v) is 9.66. The standard InChI is InChI=1S/C18H19N3O7S2/c1-28-18(23)16-13-7-4-8-14(13)29-17(16)19-15(22)10-20(30(2,26)27)11-5-3-6-12(9-11)21(24)25/h3,5-6,9H,4,7-8,10H2,1-2H3,(H,19,22). The number of benzene rings is 1. The van der Waals surface area contributed by atoms with E-state index in [1.165, 1.54) is 36.6 Å². The number of non-ortho nitro benzene ring substituents is 1. The van der Waals surface area contributed by atoms with Crippen LogP contribution in [0.1, 0.15) is 27.2 Å². The molecule has 1 heterocycles. The lowest BCUT2D eigenvalue weighted by atomic mass is 10.1. The number of carbonyl (C=O) groups is 2. The predicted molar refractivity (Wildman–Crippen MR) is 112 cm³/mol. The molecule has 0 bridgehead atoms. The highest BCUT2D eigenvalue weighted by Crippen LogP contribution is 2.39. The van der Waals surface area contributed by atoms with E-state index in [1.54, 1.807) is 0 Å². The van der Waals surface area contributed by atoms with Gasteiger partial charge in [0.1, 0.15) is 11.5 Å². The highest BCUT2D eigenvalue weighted by molar-refractivity contribution is 7.92. The Bertz CT molecular complexity index is 1120. The number of nitrogens with one attached hydrogen (secondary N) is 1. The first-order valence-corrected chi connectivity index (χ1v) is 11.5. The Morgan fingerprint density at radius 3 is 2.70 bits per heavy atom. The van der Waals surface area contributed by atoms with Gasteiger partial charge >= 0.3 is 5.97 Å². The number of thiophene rings is 1. The van der Waals surface area contributed by atoms with Crippen molar-refractivity contribution in [1.29, 1.82) is 0 Å². The summed E-state index contributed by atoms with van der Waals surface area (Å²) >= 11 is 1.27. The number of nitrogens with zero attached hydrogens (tertiary/aromatic N) is 2. The zero-order valence-corrected chi connectivity index (χ0v) is 17.8. The molecule has 0 spiro atoms. The van der Waals surface area contributed by atoms with Crippen LogP contribution in [0, 0.1) is 10.1 Å². The van der Waals surface area contributed by atoms with Crippen LogP contribution in [-0.2, 0) is 32.4 Å². The molecule has 3 rings (SSSR count). The maximum Gasteiger partial charge on any atom is 0.341 e. The van der Waals surface area contributed by atoms with Crippen LogP contribution in [0.5, 0.6) is 0 Å². The summed E-state index contributed by atoms with van der Waals surface area (Å²) in [6.45, 7) is -0.608. The maximum atomic E-state index is 12.7. The van der Waals surface area contributed by atoms with E-state index in [2.05, 4.69) is 5.32 Å². The van der Waals surface area contributed by atoms with E-state index in [4.69, 9.17) is 4.74 Å². The summed E-state index contributed by atoms with van der Waals surface area (Å²) in [7, 11) is -2.66. The molecular weight excluding hydrogens is 434 g/mol. The lowest BCUT2D eigenvalue weighted by molar-refractivity contribution is -0.384. The summed E-state index contributed by atoms with van der Waals surface area (Å²) in [6.07, 6.45) is 3.31. The fourth-order valence-corrected chi connectivity index (χ4v) is 5.41. The zero-order chi connectivity index (χ0) is 22.1. The van der Waals surface area contributed by atoms with E-state index in [-0.39, 0.29) is 11.4 Å². The number of amides is 1. The summed E-state index contributed by atoms with van der Waals surface area (Å²) in [5, 5.41) is 13.9. The van der Waals surface area contributed by atoms with Gasteiger partial charge in [-0.2, -0.15) is 0 Å². The fraction of sp³-hybridized carbons (Fsp3) is 0.333. The molecule has 1 aliphatic carbocycles. The molecular formula is C18H19N3O7S2. The van der Waals surface area contributed by atoms with E-state index in [0.717, 1.165) is 39.9 Å². The number of hydrogen-bond donors (Lipinski definition) is 1. The molecule has 2 aromatic rings. The first kappa shape index (κ1) is 21.7. The number of esters is 1. The van der Waals surface area contributed by atoms with Crippen molar-refractivity contribution >= 4 is 49.6 Å². The molecule has 1 N–H and O–H groups in total. The number of carbonyl (C=O) groups excluding carboxylic acids is 2. The Kier molecular flexibility index (Phi) is 6.08. The highest BCUT2D eigenvalue weighted by Gasteiger charge is 2.29. The van der Waals surface area contributed by atoms with E-state index < -0.39 is 33.4 Å². The Balaban J connectivity index is 1.88. The third-order valence-electron chi connectivity index (χ3n) is 4.58. The van der Waals surface area contributed by atoms with Crippen LogP contribution in [0.25, 0.3) is 0 Å². The summed E-state index contributed by atoms with van der Waals surface area (Å²) in [5.41, 5.74) is 0.832. The van der Waals surface area contributed by atoms with Gasteiger partial charge in [-0.15, -0.1) is 11.3 Å². The Morgan fingerprint density at radius 2 is 2.07 bits per heavy atom. The average molecular weight is 453 g/mol. The largest absolute Gasteiger partial charge is 0.465 e. The number of ether oxygens (including phenoxy) is 1. The van der Waals surface area contributed by atoms with Crippen molar-refractivity contribution in [3.8, 4) is 0 Å². The molecule has 30 heavy (non-hydrogen) atoms. The number of aryl methyl sites for hydroxylation is 1. The monoisotopic (exact) mass is 453 g/mol. The predicted octanol–water partition coefficient (Wildman–Crippen LogP) is 2.34. The second-order valence-electron chi connectivity index (χ2n) is 6.65. The second kappa shape index (κ2) is 8.40. The first-order valence-electron chi connectivity index (χ1n) is 8.86. The van der Waals surface area contributed by atoms with Crippen molar-refractivity contribution in [3.05, 3.63) is 50.4 Å². The van der Waals surface area contributed by atoms with Gasteiger partial charge in [0, 0.05) is 17.0 Å². The first-order chi connectivity index (χ1) is 14.1. The maximum absolute atomic E-state index is 12.7. The number of fused-ring (bicyclic) bond motifs is 1. The zero-order valence-electron chi connectivity index (χ0n) is 16.2. The summed E-state index contributed by atoms with van der Waals surface area (Å²) < 4.78 is 30.1. The van der Waals surface area contributed by atoms with Gasteiger partial charge in [0.2, 0.25) is 15.9 Å². The SMILES string of the molecule is COC(=O)c1c(NC(=O)CN(c2cccc([N+](=O)[O-])c2)S(C)(=O)=O)sc2c1CCC2. The van der Waals surface area contributed by atoms with Crippen LogP contribution < -0.4 is 9.62 Å². The molecule has 0 fully saturated rings. The molecule has 0 saturated heterocycles. The van der Waals surface area contributed by atoms with Gasteiger partial charge in [-0.1, -0.05) is 6.07 Å². The van der Waals surface area contributed by atoms with Crippen LogP contribution >= 0.6 is 11.3 Å². The minimum absolute atomic E-state index is 0.0104. The van der Waals surface area contributed by atoms with Crippen molar-refractivity contribution in [2.24, 2.45) is 0 Å². The minimum Gasteiger partial charge on any atom is -0.465 e. The van der Waals surface area contributed by atoms with Crippen LogP contribution in [-0.4, -0.2) is 45.1 Å². The van der Waals surface area contributed by atoms with E-state index in [0.29, 0.717) is 17.0 Å². The van der Waals surface area contributed by atoms with E-state index in [1.807, 2.05) is 0 Å². The quantitative estimate of drug-likeness (QED) is 0.386. The number of rotatable bonds is 7. The van der Waals surface area contributed by atoms with Gasteiger partial charge in [-0.3, -0.25) is 19.2 Å². The van der Waals surface area contributed by atoms with Crippen molar-refractivity contribution in [3.63, 3.8) is 0 Å². The van der Waals surface area contributed by atoms with Crippen LogP contribution in [0.2, 0.25) is 0 Å². The lowest BCUT2D eigenvalue weighted by Gasteiger charge is -2.21. The van der Waals surface area contributed by atoms with E-state index >= 15 is 0 Å². The van der Waals surface area contributed by atoms with Gasteiger partial charge in [0.15, 0.2) is 0 Å². The Hall–Kier alpha value is -2.99. The topological polar surface area (TPSA) is 136 Å². The van der Waals surface area contributed by atoms with Crippen LogP contribution in [0.15, 0.2) is 24.3 Å². The number of hydrogen-bond acceptors (Lipinski definition) is 8. The van der Waals surface area contributed by atoms with Gasteiger partial charge in [-0.25, -0.2) is 13.2 Å². The van der Waals surface area contributed by atoms with Crippen molar-refractivity contribution < 1.29 is 27.7 Å². The highest BCUT2D eigenvalue weighted by atomic mass is 32.2. The molecule has 1 aromatic heterocycles. The fourth-order valence-electron chi connectivity index (χ4n) is 3.27. The molecule has 0 unspecified atom stereocenters. The number of sulfonamides is 1. The van der Waals surface area contributed by atoms with Crippen LogP contribution in [0.3, 0.4) is 0 Å². The molecule has 1 aromatic carbocycles. The molecule has 0 atom stereocenters. The molecule has 0 radical (unpaired) electrons. The molecule has 160 valence electrons. The third-order valence-corrected chi connectivity index (χ3v) is 6.93. The molecule has 0 aliphatic heterocycles. The van der Waals surface area contributed by atoms with Crippen LogP contribution in [0.4, 0.5) is 16.4 Å². The summed E-state index contributed by atoms with van der Waals surface area (Å²) in [5.74, 6) is -1.25. The lowest BCUT2D eigenvalue weighted by Crippen LogP contribution is -2.37. The smallest absolute Gasteiger partial charge is 0.341 e. The van der Waals surface area contributed by atoms with Gasteiger partial charge in [-0.05, 0) is 30.9 Å². The normalized spacial score (nSPS) is 12.9. The molecule has 1 aliphatic rings. The summed E-state index contributed by atoms with van der Waals surface area (Å²) in [6, 6.07) is 5.00. The van der Waals surface area contributed by atoms with Gasteiger partial charge in [0.25, 0.3) is 5.69 Å². The number of methoxy groups -OCH3 is 1. The number of anilines is 2. The molecule has 1 amide bonds. The van der Waals surface area contributed by atoms with Gasteiger partial charge < -0.3 is 10.1 Å². The average Bonchev–Trinajstić information content (AvgIpc) is 3.25. The van der Waals surface area contributed by atoms with E-state index in [9.17, 15) is 28.1 Å². The van der Waals surface area contributed by atoms with Crippen molar-refractivity contribution in [2.75, 3.05) is 29.5 Å². The third kappa shape index (κ3) is 4.44. The Morgan fingerprint density at radius 1 is 1.33 bits per heavy atom. The summed E-state index contributed by atoms with van der Waals surface area (Å²) in [4.78, 5) is 36.2. The van der Waals surface area contributed by atoms with Crippen molar-refractivity contribution in [2.45, 2.75) is 19.3 Å². The molecule has 10 nitrogen and oxygen atoms in total. The minimum atomic E-state index is -3.91. The number of nitro groups is 1. The molecule has 12 heteroatoms. The van der Waals surface area contributed by atoms with Gasteiger partial charge in [0.05, 0.1) is 29.5 Å². The number of nitro benzene ring substituents is 1. The van der Waals surface area contributed by atoms with Crippen molar-refractivity contribution in [1.82, 2.24) is 0 Å².